The molecular weight excluding hydrogens is 360 g/mol. The van der Waals surface area contributed by atoms with Gasteiger partial charge in [0, 0.05) is 45.9 Å². The van der Waals surface area contributed by atoms with Gasteiger partial charge in [-0.3, -0.25) is 4.99 Å². The van der Waals surface area contributed by atoms with Gasteiger partial charge in [0.1, 0.15) is 0 Å². The Balaban J connectivity index is 1.30. The molecule has 2 fully saturated rings. The minimum Gasteiger partial charge on any atom is -0.381 e. The van der Waals surface area contributed by atoms with Crippen molar-refractivity contribution < 1.29 is 4.74 Å². The Hall–Kier alpha value is -1.59. The predicted octanol–water partition coefficient (Wildman–Crippen LogP) is 3.41. The molecule has 0 aromatic heterocycles. The normalized spacial score (nSPS) is 21.7. The van der Waals surface area contributed by atoms with Crippen molar-refractivity contribution in [2.75, 3.05) is 46.4 Å². The first-order chi connectivity index (χ1) is 14.1. The van der Waals surface area contributed by atoms with E-state index in [1.54, 1.807) is 0 Å². The van der Waals surface area contributed by atoms with Gasteiger partial charge in [0.25, 0.3) is 0 Å². The van der Waals surface area contributed by atoms with E-state index in [1.807, 2.05) is 7.05 Å². The van der Waals surface area contributed by atoms with Gasteiger partial charge in [0.2, 0.25) is 0 Å². The second-order valence-corrected chi connectivity index (χ2v) is 8.95. The van der Waals surface area contributed by atoms with Crippen LogP contribution in [0, 0.1) is 5.92 Å². The Morgan fingerprint density at radius 2 is 1.93 bits per heavy atom. The molecule has 0 saturated carbocycles. The van der Waals surface area contributed by atoms with Crippen LogP contribution in [0.1, 0.15) is 56.6 Å². The Morgan fingerprint density at radius 3 is 2.55 bits per heavy atom. The van der Waals surface area contributed by atoms with Crippen molar-refractivity contribution in [1.29, 1.82) is 0 Å². The zero-order valence-corrected chi connectivity index (χ0v) is 18.6. The Bertz CT molecular complexity index is 614. The summed E-state index contributed by atoms with van der Waals surface area (Å²) in [6.45, 7) is 10.9. The van der Waals surface area contributed by atoms with Gasteiger partial charge in [0.15, 0.2) is 5.96 Å². The Labute approximate surface area is 177 Å². The molecular formula is C24H40N4O. The van der Waals surface area contributed by atoms with E-state index in [-0.39, 0.29) is 0 Å². The van der Waals surface area contributed by atoms with Crippen LogP contribution in [0.2, 0.25) is 0 Å². The van der Waals surface area contributed by atoms with Gasteiger partial charge in [-0.25, -0.2) is 0 Å². The van der Waals surface area contributed by atoms with E-state index in [1.165, 1.54) is 50.0 Å². The third kappa shape index (κ3) is 7.31. The van der Waals surface area contributed by atoms with Crippen molar-refractivity contribution in [1.82, 2.24) is 15.5 Å². The lowest BCUT2D eigenvalue weighted by atomic mass is 10.0. The summed E-state index contributed by atoms with van der Waals surface area (Å²) in [5.74, 6) is 2.29. The number of hydrogen-bond acceptors (Lipinski definition) is 3. The SMILES string of the molecule is CN=C(NCCCc1ccc(C(C)C)cc1)NC1CCN(CC2CCOC2)CC1. The van der Waals surface area contributed by atoms with Crippen LogP contribution in [-0.4, -0.2) is 63.3 Å². The van der Waals surface area contributed by atoms with Crippen molar-refractivity contribution in [2.45, 2.75) is 57.9 Å². The van der Waals surface area contributed by atoms with E-state index in [0.717, 1.165) is 44.5 Å². The number of nitrogens with one attached hydrogen (secondary N) is 2. The number of aliphatic imine (C=N–C) groups is 1. The first kappa shape index (κ1) is 22.1. The molecule has 2 aliphatic heterocycles. The highest BCUT2D eigenvalue weighted by Crippen LogP contribution is 2.18. The molecule has 1 atom stereocenters. The Kier molecular flexibility index (Phi) is 8.81. The topological polar surface area (TPSA) is 48.9 Å². The van der Waals surface area contributed by atoms with Crippen molar-refractivity contribution in [3.05, 3.63) is 35.4 Å². The maximum atomic E-state index is 5.51. The molecule has 0 aliphatic carbocycles. The molecule has 5 nitrogen and oxygen atoms in total. The summed E-state index contributed by atoms with van der Waals surface area (Å²) in [6, 6.07) is 9.60. The molecule has 3 rings (SSSR count). The molecule has 2 N–H and O–H groups in total. The first-order valence-electron chi connectivity index (χ1n) is 11.5. The minimum atomic E-state index is 0.529. The third-order valence-electron chi connectivity index (χ3n) is 6.27. The number of ether oxygens (including phenoxy) is 1. The first-order valence-corrected chi connectivity index (χ1v) is 11.5. The maximum absolute atomic E-state index is 5.51. The zero-order chi connectivity index (χ0) is 20.5. The van der Waals surface area contributed by atoms with E-state index in [0.29, 0.717) is 12.0 Å². The number of piperidine rings is 1. The van der Waals surface area contributed by atoms with Crippen molar-refractivity contribution >= 4 is 5.96 Å². The third-order valence-corrected chi connectivity index (χ3v) is 6.27. The maximum Gasteiger partial charge on any atom is 0.191 e. The van der Waals surface area contributed by atoms with Crippen LogP contribution in [0.3, 0.4) is 0 Å². The zero-order valence-electron chi connectivity index (χ0n) is 18.6. The highest BCUT2D eigenvalue weighted by molar-refractivity contribution is 5.79. The smallest absolute Gasteiger partial charge is 0.191 e. The van der Waals surface area contributed by atoms with E-state index in [2.05, 4.69) is 58.6 Å². The van der Waals surface area contributed by atoms with Crippen LogP contribution in [-0.2, 0) is 11.2 Å². The summed E-state index contributed by atoms with van der Waals surface area (Å²) < 4.78 is 5.51. The summed E-state index contributed by atoms with van der Waals surface area (Å²) in [5, 5.41) is 7.12. The lowest BCUT2D eigenvalue weighted by molar-refractivity contribution is 0.150. The minimum absolute atomic E-state index is 0.529. The molecule has 0 amide bonds. The summed E-state index contributed by atoms with van der Waals surface area (Å²) >= 11 is 0. The molecule has 0 spiro atoms. The lowest BCUT2D eigenvalue weighted by Crippen LogP contribution is -2.49. The van der Waals surface area contributed by atoms with Gasteiger partial charge in [-0.2, -0.15) is 0 Å². The monoisotopic (exact) mass is 400 g/mol. The number of rotatable bonds is 8. The van der Waals surface area contributed by atoms with Crippen LogP contribution in [0.15, 0.2) is 29.3 Å². The van der Waals surface area contributed by atoms with E-state index >= 15 is 0 Å². The second kappa shape index (κ2) is 11.6. The van der Waals surface area contributed by atoms with Crippen LogP contribution in [0.25, 0.3) is 0 Å². The molecule has 0 radical (unpaired) electrons. The van der Waals surface area contributed by atoms with Crippen LogP contribution in [0.4, 0.5) is 0 Å². The molecule has 5 heteroatoms. The van der Waals surface area contributed by atoms with Crippen molar-refractivity contribution in [2.24, 2.45) is 10.9 Å². The summed E-state index contributed by atoms with van der Waals surface area (Å²) in [5.41, 5.74) is 2.83. The summed E-state index contributed by atoms with van der Waals surface area (Å²) in [4.78, 5) is 7.03. The van der Waals surface area contributed by atoms with Crippen molar-refractivity contribution in [3.63, 3.8) is 0 Å². The van der Waals surface area contributed by atoms with Gasteiger partial charge >= 0.3 is 0 Å². The van der Waals surface area contributed by atoms with Crippen LogP contribution >= 0.6 is 0 Å². The largest absolute Gasteiger partial charge is 0.381 e. The fourth-order valence-corrected chi connectivity index (χ4v) is 4.31. The van der Waals surface area contributed by atoms with E-state index in [4.69, 9.17) is 4.74 Å². The molecule has 1 unspecified atom stereocenters. The summed E-state index contributed by atoms with van der Waals surface area (Å²) in [6.07, 6.45) is 5.83. The lowest BCUT2D eigenvalue weighted by Gasteiger charge is -2.34. The van der Waals surface area contributed by atoms with Crippen LogP contribution < -0.4 is 10.6 Å². The highest BCUT2D eigenvalue weighted by atomic mass is 16.5. The Morgan fingerprint density at radius 1 is 1.17 bits per heavy atom. The number of guanidine groups is 1. The molecule has 2 saturated heterocycles. The predicted molar refractivity (Wildman–Crippen MR) is 122 cm³/mol. The standard InChI is InChI=1S/C24H40N4O/c1-19(2)22-8-6-20(7-9-22)5-4-13-26-24(25-3)27-23-10-14-28(15-11-23)17-21-12-16-29-18-21/h6-9,19,21,23H,4-5,10-18H2,1-3H3,(H2,25,26,27). The number of hydrogen-bond donors (Lipinski definition) is 2. The van der Waals surface area contributed by atoms with Crippen molar-refractivity contribution in [3.8, 4) is 0 Å². The number of nitrogens with zero attached hydrogens (tertiary/aromatic N) is 2. The van der Waals surface area contributed by atoms with E-state index < -0.39 is 0 Å². The van der Waals surface area contributed by atoms with Gasteiger partial charge in [-0.15, -0.1) is 0 Å². The quantitative estimate of drug-likeness (QED) is 0.399. The number of benzene rings is 1. The number of aryl methyl sites for hydroxylation is 1. The van der Waals surface area contributed by atoms with Gasteiger partial charge < -0.3 is 20.3 Å². The van der Waals surface area contributed by atoms with Gasteiger partial charge in [-0.05, 0) is 55.1 Å². The molecule has 1 aromatic carbocycles. The second-order valence-electron chi connectivity index (χ2n) is 8.95. The fraction of sp³-hybridized carbons (Fsp3) is 0.708. The highest BCUT2D eigenvalue weighted by Gasteiger charge is 2.24. The van der Waals surface area contributed by atoms with Gasteiger partial charge in [0.05, 0.1) is 6.61 Å². The number of likely N-dealkylation sites (tertiary alicyclic amines) is 1. The molecule has 162 valence electrons. The van der Waals surface area contributed by atoms with Gasteiger partial charge in [-0.1, -0.05) is 38.1 Å². The van der Waals surface area contributed by atoms with Crippen LogP contribution in [0.5, 0.6) is 0 Å². The molecule has 2 heterocycles. The molecule has 0 bridgehead atoms. The van der Waals surface area contributed by atoms with E-state index in [9.17, 15) is 0 Å². The average molecular weight is 401 g/mol. The molecule has 29 heavy (non-hydrogen) atoms. The average Bonchev–Trinajstić information content (AvgIpc) is 3.25. The molecule has 1 aromatic rings. The summed E-state index contributed by atoms with van der Waals surface area (Å²) in [7, 11) is 1.87. The fourth-order valence-electron chi connectivity index (χ4n) is 4.31. The molecule has 2 aliphatic rings.